The normalized spacial score (nSPS) is 7.24. The van der Waals surface area contributed by atoms with Crippen molar-refractivity contribution in [1.29, 1.82) is 0 Å². The van der Waals surface area contributed by atoms with Crippen molar-refractivity contribution < 1.29 is 0 Å². The fourth-order valence-corrected chi connectivity index (χ4v) is 0.866. The monoisotopic (exact) mass is 221 g/mol. The molecule has 1 rings (SSSR count). The molecule has 1 aromatic heterocycles. The van der Waals surface area contributed by atoms with Crippen molar-refractivity contribution in [3.8, 4) is 47.9 Å². The molecular weight excluding hydrogens is 214 g/mol. The molecule has 0 amide bonds. The largest absolute Gasteiger partial charge is 0.382 e. The second-order valence-corrected chi connectivity index (χ2v) is 2.62. The molecule has 0 aromatic carbocycles. The number of hydrogen-bond donors (Lipinski definition) is 3. The molecule has 1 aromatic rings. The Morgan fingerprint density at radius 3 is 1.94 bits per heavy atom. The Labute approximate surface area is 98.8 Å². The van der Waals surface area contributed by atoms with Gasteiger partial charge in [0, 0.05) is 0 Å². The van der Waals surface area contributed by atoms with Gasteiger partial charge in [0.25, 0.3) is 0 Å². The van der Waals surface area contributed by atoms with Gasteiger partial charge in [0.2, 0.25) is 5.95 Å². The lowest BCUT2D eigenvalue weighted by Gasteiger charge is -2.01. The van der Waals surface area contributed by atoms with E-state index in [1.807, 2.05) is 0 Å². The summed E-state index contributed by atoms with van der Waals surface area (Å²) in [6.07, 6.45) is 4.90. The van der Waals surface area contributed by atoms with E-state index < -0.39 is 0 Å². The Bertz CT molecular complexity index is 640. The van der Waals surface area contributed by atoms with Gasteiger partial charge in [-0.25, -0.2) is 0 Å². The SMILES string of the molecule is C#CC#CC#CC#Cc1c(N)nc(N)nc1N. The van der Waals surface area contributed by atoms with Gasteiger partial charge in [-0.05, 0) is 41.4 Å². The highest BCUT2D eigenvalue weighted by Crippen LogP contribution is 2.14. The molecular formula is C12H7N5. The maximum absolute atomic E-state index is 5.57. The second-order valence-electron chi connectivity index (χ2n) is 2.62. The summed E-state index contributed by atoms with van der Waals surface area (Å²) >= 11 is 0. The molecule has 0 bridgehead atoms. The topological polar surface area (TPSA) is 104 Å². The maximum atomic E-state index is 5.57. The van der Waals surface area contributed by atoms with Crippen LogP contribution in [0.1, 0.15) is 5.56 Å². The van der Waals surface area contributed by atoms with Crippen LogP contribution in [0.15, 0.2) is 0 Å². The molecule has 17 heavy (non-hydrogen) atoms. The lowest BCUT2D eigenvalue weighted by molar-refractivity contribution is 1.19. The van der Waals surface area contributed by atoms with Crippen molar-refractivity contribution in [2.75, 3.05) is 17.2 Å². The minimum absolute atomic E-state index is 0.00322. The number of anilines is 3. The standard InChI is InChI=1S/C12H7N5/c1-2-3-4-5-6-7-8-9-10(13)16-12(15)17-11(9)14/h1H,(H6,13,14,15,16,17). The predicted molar refractivity (Wildman–Crippen MR) is 66.5 cm³/mol. The van der Waals surface area contributed by atoms with E-state index >= 15 is 0 Å². The molecule has 5 heteroatoms. The van der Waals surface area contributed by atoms with Crippen molar-refractivity contribution in [3.63, 3.8) is 0 Å². The maximum Gasteiger partial charge on any atom is 0.224 e. The van der Waals surface area contributed by atoms with Crippen molar-refractivity contribution in [2.45, 2.75) is 0 Å². The van der Waals surface area contributed by atoms with Crippen LogP contribution in [0.4, 0.5) is 17.6 Å². The van der Waals surface area contributed by atoms with Crippen LogP contribution in [-0.4, -0.2) is 9.97 Å². The third kappa shape index (κ3) is 3.40. The third-order valence-electron chi connectivity index (χ3n) is 1.49. The zero-order chi connectivity index (χ0) is 12.7. The molecule has 0 saturated heterocycles. The van der Waals surface area contributed by atoms with E-state index in [9.17, 15) is 0 Å². The molecule has 0 radical (unpaired) electrons. The zero-order valence-corrected chi connectivity index (χ0v) is 8.70. The Morgan fingerprint density at radius 2 is 1.35 bits per heavy atom. The third-order valence-corrected chi connectivity index (χ3v) is 1.49. The first-order valence-corrected chi connectivity index (χ1v) is 4.30. The predicted octanol–water partition coefficient (Wildman–Crippen LogP) is -0.785. The Balaban J connectivity index is 3.01. The molecule has 0 spiro atoms. The molecule has 0 atom stereocenters. The lowest BCUT2D eigenvalue weighted by Crippen LogP contribution is -2.06. The number of rotatable bonds is 0. The first kappa shape index (κ1) is 11.8. The molecule has 0 unspecified atom stereocenters. The van der Waals surface area contributed by atoms with Crippen LogP contribution in [0.5, 0.6) is 0 Å². The molecule has 0 aliphatic carbocycles. The minimum Gasteiger partial charge on any atom is -0.382 e. The van der Waals surface area contributed by atoms with Crippen LogP contribution in [0.25, 0.3) is 0 Å². The Hall–Kier alpha value is -3.28. The summed E-state index contributed by atoms with van der Waals surface area (Å²) in [5.74, 6) is 17.1. The smallest absolute Gasteiger partial charge is 0.224 e. The molecule has 0 aliphatic heterocycles. The fourth-order valence-electron chi connectivity index (χ4n) is 0.866. The number of aromatic nitrogens is 2. The number of nitrogens with zero attached hydrogens (tertiary/aromatic N) is 2. The number of nitrogens with two attached hydrogens (primary N) is 3. The molecule has 1 heterocycles. The van der Waals surface area contributed by atoms with Crippen LogP contribution in [0, 0.1) is 47.9 Å². The first-order chi connectivity index (χ1) is 8.15. The van der Waals surface area contributed by atoms with Gasteiger partial charge in [0.1, 0.15) is 17.2 Å². The highest BCUT2D eigenvalue weighted by Gasteiger charge is 2.05. The summed E-state index contributed by atoms with van der Waals surface area (Å²) in [7, 11) is 0. The quantitative estimate of drug-likeness (QED) is 0.498. The number of hydrogen-bond acceptors (Lipinski definition) is 5. The summed E-state index contributed by atoms with van der Waals surface area (Å²) in [5.41, 5.74) is 16.8. The summed E-state index contributed by atoms with van der Waals surface area (Å²) in [4.78, 5) is 7.44. The van der Waals surface area contributed by atoms with Gasteiger partial charge >= 0.3 is 0 Å². The van der Waals surface area contributed by atoms with Crippen LogP contribution in [-0.2, 0) is 0 Å². The zero-order valence-electron chi connectivity index (χ0n) is 8.70. The van der Waals surface area contributed by atoms with Crippen molar-refractivity contribution in [3.05, 3.63) is 5.56 Å². The Kier molecular flexibility index (Phi) is 3.86. The summed E-state index contributed by atoms with van der Waals surface area (Å²) in [5, 5.41) is 0. The van der Waals surface area contributed by atoms with E-state index in [0.717, 1.165) is 0 Å². The molecule has 0 aliphatic rings. The summed E-state index contributed by atoms with van der Waals surface area (Å²) < 4.78 is 0. The average molecular weight is 221 g/mol. The van der Waals surface area contributed by atoms with Crippen LogP contribution >= 0.6 is 0 Å². The molecule has 6 N–H and O–H groups in total. The van der Waals surface area contributed by atoms with E-state index in [1.165, 1.54) is 0 Å². The van der Waals surface area contributed by atoms with Crippen molar-refractivity contribution in [1.82, 2.24) is 9.97 Å². The van der Waals surface area contributed by atoms with Gasteiger partial charge in [-0.3, -0.25) is 0 Å². The minimum atomic E-state index is -0.00322. The molecule has 0 saturated carbocycles. The average Bonchev–Trinajstić information content (AvgIpc) is 2.26. The summed E-state index contributed by atoms with van der Waals surface area (Å²) in [6, 6.07) is 0. The van der Waals surface area contributed by atoms with Crippen LogP contribution < -0.4 is 17.2 Å². The fraction of sp³-hybridized carbons (Fsp3) is 0. The van der Waals surface area contributed by atoms with Gasteiger partial charge in [-0.1, -0.05) is 0 Å². The molecule has 5 nitrogen and oxygen atoms in total. The van der Waals surface area contributed by atoms with E-state index in [4.69, 9.17) is 23.6 Å². The van der Waals surface area contributed by atoms with Crippen LogP contribution in [0.3, 0.4) is 0 Å². The van der Waals surface area contributed by atoms with Gasteiger partial charge in [0.05, 0.1) is 0 Å². The number of nitrogen functional groups attached to an aromatic ring is 3. The van der Waals surface area contributed by atoms with E-state index in [0.29, 0.717) is 5.56 Å². The van der Waals surface area contributed by atoms with Crippen molar-refractivity contribution >= 4 is 17.6 Å². The van der Waals surface area contributed by atoms with Gasteiger partial charge in [-0.2, -0.15) is 9.97 Å². The Morgan fingerprint density at radius 1 is 0.824 bits per heavy atom. The van der Waals surface area contributed by atoms with Gasteiger partial charge in [0.15, 0.2) is 0 Å². The second kappa shape index (κ2) is 5.56. The highest BCUT2D eigenvalue weighted by atomic mass is 15.1. The van der Waals surface area contributed by atoms with Gasteiger partial charge in [-0.15, -0.1) is 6.42 Å². The van der Waals surface area contributed by atoms with Gasteiger partial charge < -0.3 is 17.2 Å². The summed E-state index contributed by atoms with van der Waals surface area (Å²) in [6.45, 7) is 0. The van der Waals surface area contributed by atoms with E-state index in [2.05, 4.69) is 51.4 Å². The van der Waals surface area contributed by atoms with E-state index in [-0.39, 0.29) is 17.6 Å². The number of terminal acetylenes is 1. The lowest BCUT2D eigenvalue weighted by atomic mass is 10.3. The van der Waals surface area contributed by atoms with Crippen molar-refractivity contribution in [2.24, 2.45) is 0 Å². The molecule has 0 fully saturated rings. The van der Waals surface area contributed by atoms with E-state index in [1.54, 1.807) is 0 Å². The molecule has 80 valence electrons. The highest BCUT2D eigenvalue weighted by molar-refractivity contribution is 5.65. The van der Waals surface area contributed by atoms with Crippen LogP contribution in [0.2, 0.25) is 0 Å². The first-order valence-electron chi connectivity index (χ1n) is 4.30.